The Morgan fingerprint density at radius 1 is 0.871 bits per heavy atom. The van der Waals surface area contributed by atoms with E-state index in [0.717, 1.165) is 16.7 Å². The molecule has 0 fully saturated rings. The summed E-state index contributed by atoms with van der Waals surface area (Å²) in [6.07, 6.45) is 0. The molecule has 158 valence electrons. The lowest BCUT2D eigenvalue weighted by Gasteiger charge is -2.07. The van der Waals surface area contributed by atoms with Crippen LogP contribution in [0.2, 0.25) is 0 Å². The van der Waals surface area contributed by atoms with E-state index in [-0.39, 0.29) is 21.7 Å². The Bertz CT molecular complexity index is 1290. The normalized spacial score (nSPS) is 11.5. The quantitative estimate of drug-likeness (QED) is 0.429. The molecule has 4 rings (SSSR count). The van der Waals surface area contributed by atoms with E-state index in [4.69, 9.17) is 4.42 Å². The zero-order valence-electron chi connectivity index (χ0n) is 17.1. The number of aromatic nitrogens is 1. The van der Waals surface area contributed by atoms with Crippen molar-refractivity contribution in [2.75, 3.05) is 5.32 Å². The molecule has 1 aromatic heterocycles. The third kappa shape index (κ3) is 4.51. The van der Waals surface area contributed by atoms with Crippen molar-refractivity contribution in [1.29, 1.82) is 0 Å². The molecule has 1 N–H and O–H groups in total. The van der Waals surface area contributed by atoms with Crippen LogP contribution in [0.4, 0.5) is 10.3 Å². The summed E-state index contributed by atoms with van der Waals surface area (Å²) in [5.41, 5.74) is 3.52. The predicted molar refractivity (Wildman–Crippen MR) is 117 cm³/mol. The van der Waals surface area contributed by atoms with Gasteiger partial charge in [0.25, 0.3) is 0 Å². The zero-order chi connectivity index (χ0) is 22.0. The third-order valence-corrected chi connectivity index (χ3v) is 6.53. The number of aryl methyl sites for hydroxylation is 2. The van der Waals surface area contributed by atoms with Gasteiger partial charge in [-0.15, -0.1) is 0 Å². The highest BCUT2D eigenvalue weighted by atomic mass is 32.2. The number of oxazole rings is 1. The second kappa shape index (κ2) is 8.35. The van der Waals surface area contributed by atoms with Crippen molar-refractivity contribution in [2.45, 2.75) is 30.3 Å². The van der Waals surface area contributed by atoms with Crippen molar-refractivity contribution >= 4 is 15.7 Å². The molecule has 0 aliphatic rings. The van der Waals surface area contributed by atoms with Crippen LogP contribution in [0.5, 0.6) is 0 Å². The second-order valence-corrected chi connectivity index (χ2v) is 9.18. The molecule has 0 saturated heterocycles. The van der Waals surface area contributed by atoms with Gasteiger partial charge in [0, 0.05) is 12.1 Å². The van der Waals surface area contributed by atoms with Crippen LogP contribution in [0.15, 0.2) is 87.1 Å². The minimum absolute atomic E-state index is 0.0421. The smallest absolute Gasteiger partial charge is 0.234 e. The highest BCUT2D eigenvalue weighted by molar-refractivity contribution is 7.91. The van der Waals surface area contributed by atoms with E-state index in [1.165, 1.54) is 24.3 Å². The molecule has 0 unspecified atom stereocenters. The van der Waals surface area contributed by atoms with E-state index in [1.54, 1.807) is 24.3 Å². The van der Waals surface area contributed by atoms with Crippen LogP contribution in [-0.2, 0) is 16.4 Å². The van der Waals surface area contributed by atoms with Gasteiger partial charge in [-0.2, -0.15) is 4.98 Å². The van der Waals surface area contributed by atoms with Gasteiger partial charge in [0.1, 0.15) is 5.82 Å². The number of nitrogens with one attached hydrogen (secondary N) is 1. The minimum atomic E-state index is -3.93. The average molecular weight is 437 g/mol. The van der Waals surface area contributed by atoms with Gasteiger partial charge in [0.2, 0.25) is 26.6 Å². The van der Waals surface area contributed by atoms with Crippen LogP contribution in [0.3, 0.4) is 0 Å². The number of halogens is 1. The van der Waals surface area contributed by atoms with E-state index in [2.05, 4.69) is 10.3 Å². The molecular weight excluding hydrogens is 415 g/mol. The van der Waals surface area contributed by atoms with Gasteiger partial charge in [-0.3, -0.25) is 0 Å². The van der Waals surface area contributed by atoms with E-state index >= 15 is 0 Å². The molecule has 0 saturated carbocycles. The lowest BCUT2D eigenvalue weighted by molar-refractivity contribution is 0.576. The summed E-state index contributed by atoms with van der Waals surface area (Å²) in [4.78, 5) is 4.39. The molecule has 0 spiro atoms. The molecular formula is C24H21FN2O3S. The first kappa shape index (κ1) is 20.8. The number of sulfone groups is 1. The van der Waals surface area contributed by atoms with Crippen LogP contribution in [0.1, 0.15) is 16.7 Å². The second-order valence-electron chi connectivity index (χ2n) is 7.32. The molecule has 3 aromatic carbocycles. The molecule has 7 heteroatoms. The van der Waals surface area contributed by atoms with Crippen LogP contribution in [-0.4, -0.2) is 13.4 Å². The highest BCUT2D eigenvalue weighted by Crippen LogP contribution is 2.32. The number of hydrogen-bond acceptors (Lipinski definition) is 5. The Balaban J connectivity index is 1.74. The number of rotatable bonds is 6. The average Bonchev–Trinajstić information content (AvgIpc) is 3.19. The SMILES string of the molecule is Cc1ccc(CNc2oc(-c3ccc(F)cc3)nc2S(=O)(=O)c2ccc(C)cc2)cc1. The summed E-state index contributed by atoms with van der Waals surface area (Å²) in [6, 6.07) is 19.9. The number of hydrogen-bond donors (Lipinski definition) is 1. The van der Waals surface area contributed by atoms with Gasteiger partial charge in [-0.05, 0) is 55.8 Å². The first-order valence-electron chi connectivity index (χ1n) is 9.71. The van der Waals surface area contributed by atoms with Gasteiger partial charge in [-0.25, -0.2) is 12.8 Å². The first-order valence-corrected chi connectivity index (χ1v) is 11.2. The topological polar surface area (TPSA) is 72.2 Å². The molecule has 0 bridgehead atoms. The summed E-state index contributed by atoms with van der Waals surface area (Å²) in [7, 11) is -3.93. The summed E-state index contributed by atoms with van der Waals surface area (Å²) >= 11 is 0. The minimum Gasteiger partial charge on any atom is -0.419 e. The largest absolute Gasteiger partial charge is 0.419 e. The standard InChI is InChI=1S/C24H21FN2O3S/c1-16-3-7-18(8-4-16)15-26-23-24(31(28,29)21-13-5-17(2)6-14-21)27-22(30-23)19-9-11-20(25)12-10-19/h3-14,26H,15H2,1-2H3. The van der Waals surface area contributed by atoms with Crippen molar-refractivity contribution in [3.8, 4) is 11.5 Å². The first-order chi connectivity index (χ1) is 14.8. The van der Waals surface area contributed by atoms with Crippen LogP contribution >= 0.6 is 0 Å². The Hall–Kier alpha value is -3.45. The van der Waals surface area contributed by atoms with E-state index in [9.17, 15) is 12.8 Å². The number of benzene rings is 3. The Morgan fingerprint density at radius 2 is 1.45 bits per heavy atom. The summed E-state index contributed by atoms with van der Waals surface area (Å²) in [5.74, 6) is -0.266. The number of anilines is 1. The van der Waals surface area contributed by atoms with Gasteiger partial charge >= 0.3 is 0 Å². The van der Waals surface area contributed by atoms with Crippen molar-refractivity contribution in [3.05, 3.63) is 95.3 Å². The maximum absolute atomic E-state index is 13.3. The Kier molecular flexibility index (Phi) is 5.61. The maximum atomic E-state index is 13.3. The lowest BCUT2D eigenvalue weighted by atomic mass is 10.1. The fourth-order valence-electron chi connectivity index (χ4n) is 3.03. The van der Waals surface area contributed by atoms with Gasteiger partial charge < -0.3 is 9.73 Å². The van der Waals surface area contributed by atoms with E-state index < -0.39 is 15.7 Å². The highest BCUT2D eigenvalue weighted by Gasteiger charge is 2.28. The molecule has 5 nitrogen and oxygen atoms in total. The van der Waals surface area contributed by atoms with Gasteiger partial charge in [0.15, 0.2) is 0 Å². The fraction of sp³-hybridized carbons (Fsp3) is 0.125. The molecule has 0 atom stereocenters. The van der Waals surface area contributed by atoms with Crippen LogP contribution in [0.25, 0.3) is 11.5 Å². The number of nitrogens with zero attached hydrogens (tertiary/aromatic N) is 1. The summed E-state index contributed by atoms with van der Waals surface area (Å²) < 4.78 is 45.7. The monoisotopic (exact) mass is 436 g/mol. The van der Waals surface area contributed by atoms with E-state index in [0.29, 0.717) is 12.1 Å². The zero-order valence-corrected chi connectivity index (χ0v) is 17.9. The third-order valence-electron chi connectivity index (χ3n) is 4.85. The van der Waals surface area contributed by atoms with Crippen molar-refractivity contribution in [1.82, 2.24) is 4.98 Å². The van der Waals surface area contributed by atoms with Crippen molar-refractivity contribution in [3.63, 3.8) is 0 Å². The fourth-order valence-corrected chi connectivity index (χ4v) is 4.31. The molecule has 31 heavy (non-hydrogen) atoms. The Morgan fingerprint density at radius 3 is 2.06 bits per heavy atom. The van der Waals surface area contributed by atoms with Crippen molar-refractivity contribution in [2.24, 2.45) is 0 Å². The maximum Gasteiger partial charge on any atom is 0.234 e. The van der Waals surface area contributed by atoms with Gasteiger partial charge in [0.05, 0.1) is 4.90 Å². The Labute approximate surface area is 180 Å². The summed E-state index contributed by atoms with van der Waals surface area (Å²) in [6.45, 7) is 4.23. The molecule has 0 amide bonds. The van der Waals surface area contributed by atoms with Crippen molar-refractivity contribution < 1.29 is 17.2 Å². The predicted octanol–water partition coefficient (Wildman–Crippen LogP) is 5.54. The lowest BCUT2D eigenvalue weighted by Crippen LogP contribution is -2.07. The van der Waals surface area contributed by atoms with Crippen LogP contribution < -0.4 is 5.32 Å². The molecule has 4 aromatic rings. The van der Waals surface area contributed by atoms with E-state index in [1.807, 2.05) is 38.1 Å². The summed E-state index contributed by atoms with van der Waals surface area (Å²) in [5, 5.41) is 2.85. The van der Waals surface area contributed by atoms with Crippen LogP contribution in [0, 0.1) is 19.7 Å². The molecule has 0 aliphatic carbocycles. The molecule has 1 heterocycles. The molecule has 0 aliphatic heterocycles. The van der Waals surface area contributed by atoms with Gasteiger partial charge in [-0.1, -0.05) is 47.5 Å². The molecule has 0 radical (unpaired) electrons.